The van der Waals surface area contributed by atoms with Crippen molar-refractivity contribution in [3.8, 4) is 0 Å². The quantitative estimate of drug-likeness (QED) is 0.906. The lowest BCUT2D eigenvalue weighted by Crippen LogP contribution is -2.58. The van der Waals surface area contributed by atoms with Crippen molar-refractivity contribution in [3.05, 3.63) is 24.0 Å². The molecule has 6 heteroatoms. The minimum atomic E-state index is 0.0190. The summed E-state index contributed by atoms with van der Waals surface area (Å²) in [4.78, 5) is 19.3. The van der Waals surface area contributed by atoms with Crippen LogP contribution in [-0.4, -0.2) is 50.7 Å². The molecule has 4 rings (SSSR count). The summed E-state index contributed by atoms with van der Waals surface area (Å²) in [5.74, 6) is 0.0190. The molecule has 2 fully saturated rings. The average Bonchev–Trinajstić information content (AvgIpc) is 2.91. The maximum absolute atomic E-state index is 12.4. The van der Waals surface area contributed by atoms with Crippen LogP contribution >= 0.6 is 0 Å². The number of amides is 1. The summed E-state index contributed by atoms with van der Waals surface area (Å²) in [7, 11) is 0. The van der Waals surface area contributed by atoms with Crippen molar-refractivity contribution in [2.45, 2.75) is 64.1 Å². The molecule has 134 valence electrons. The summed E-state index contributed by atoms with van der Waals surface area (Å²) in [5.41, 5.74) is 1.70. The molecule has 0 radical (unpaired) electrons. The number of hydrogen-bond acceptors (Lipinski definition) is 4. The predicted molar refractivity (Wildman–Crippen MR) is 97.3 cm³/mol. The molecule has 0 bridgehead atoms. The summed E-state index contributed by atoms with van der Waals surface area (Å²) in [6, 6.07) is 5.15. The Morgan fingerprint density at radius 2 is 2.12 bits per heavy atom. The molecule has 1 amide bonds. The molecule has 1 aliphatic heterocycles. The van der Waals surface area contributed by atoms with Gasteiger partial charge in [0.1, 0.15) is 6.54 Å². The van der Waals surface area contributed by atoms with Gasteiger partial charge in [-0.25, -0.2) is 9.67 Å². The molecular weight excluding hydrogens is 314 g/mol. The highest BCUT2D eigenvalue weighted by atomic mass is 16.2. The summed E-state index contributed by atoms with van der Waals surface area (Å²) >= 11 is 0. The molecule has 1 saturated heterocycles. The highest BCUT2D eigenvalue weighted by Gasteiger charge is 2.34. The zero-order valence-corrected chi connectivity index (χ0v) is 14.9. The Hall–Kier alpha value is -1.95. The number of fused-ring (bicyclic) bond motifs is 1. The van der Waals surface area contributed by atoms with Crippen LogP contribution in [0.3, 0.4) is 0 Å². The van der Waals surface area contributed by atoms with E-state index in [1.54, 1.807) is 10.9 Å². The first-order valence-electron chi connectivity index (χ1n) is 9.53. The van der Waals surface area contributed by atoms with Gasteiger partial charge in [-0.05, 0) is 38.3 Å². The van der Waals surface area contributed by atoms with Gasteiger partial charge in [0, 0.05) is 36.8 Å². The van der Waals surface area contributed by atoms with E-state index in [2.05, 4.69) is 20.3 Å². The first kappa shape index (κ1) is 16.5. The van der Waals surface area contributed by atoms with E-state index in [-0.39, 0.29) is 12.5 Å². The molecular formula is C19H27N5O. The topological polar surface area (TPSA) is 63.1 Å². The number of rotatable bonds is 5. The van der Waals surface area contributed by atoms with Crippen LogP contribution in [0.5, 0.6) is 0 Å². The van der Waals surface area contributed by atoms with Crippen LogP contribution in [0.15, 0.2) is 18.3 Å². The van der Waals surface area contributed by atoms with Crippen LogP contribution in [0, 0.1) is 6.92 Å². The van der Waals surface area contributed by atoms with E-state index < -0.39 is 0 Å². The SMILES string of the molecule is Cc1nn(CC(=O)NCC2CCN2C2CCCCC2)c2ncccc12. The van der Waals surface area contributed by atoms with Gasteiger partial charge in [0.25, 0.3) is 0 Å². The first-order chi connectivity index (χ1) is 12.2. The summed E-state index contributed by atoms with van der Waals surface area (Å²) in [6.07, 6.45) is 9.70. The van der Waals surface area contributed by atoms with Crippen LogP contribution in [0.2, 0.25) is 0 Å². The molecule has 1 saturated carbocycles. The van der Waals surface area contributed by atoms with Crippen molar-refractivity contribution in [1.82, 2.24) is 25.0 Å². The third kappa shape index (κ3) is 3.40. The van der Waals surface area contributed by atoms with Gasteiger partial charge in [0.05, 0.1) is 5.69 Å². The second kappa shape index (κ2) is 7.12. The monoisotopic (exact) mass is 341 g/mol. The van der Waals surface area contributed by atoms with Crippen LogP contribution in [0.4, 0.5) is 0 Å². The number of likely N-dealkylation sites (tertiary alicyclic amines) is 1. The molecule has 1 N–H and O–H groups in total. The Morgan fingerprint density at radius 1 is 1.28 bits per heavy atom. The fourth-order valence-electron chi connectivity index (χ4n) is 4.27. The third-order valence-electron chi connectivity index (χ3n) is 5.75. The van der Waals surface area contributed by atoms with E-state index in [4.69, 9.17) is 0 Å². The standard InChI is InChI=1S/C19H27N5O/c1-14-17-8-5-10-20-19(17)24(22-14)13-18(25)21-12-16-9-11-23(16)15-6-3-2-4-7-15/h5,8,10,15-16H,2-4,6-7,9,11-13H2,1H3,(H,21,25). The number of pyridine rings is 1. The van der Waals surface area contributed by atoms with Crippen molar-refractivity contribution in [1.29, 1.82) is 0 Å². The molecule has 1 unspecified atom stereocenters. The predicted octanol–water partition coefficient (Wildman–Crippen LogP) is 2.26. The molecule has 2 aromatic rings. The fraction of sp³-hybridized carbons (Fsp3) is 0.632. The number of carbonyl (C=O) groups is 1. The lowest BCUT2D eigenvalue weighted by molar-refractivity contribution is -0.122. The van der Waals surface area contributed by atoms with Gasteiger partial charge in [-0.1, -0.05) is 19.3 Å². The van der Waals surface area contributed by atoms with Crippen LogP contribution in [-0.2, 0) is 11.3 Å². The van der Waals surface area contributed by atoms with E-state index in [0.29, 0.717) is 6.04 Å². The molecule has 2 aliphatic rings. The second-order valence-corrected chi connectivity index (χ2v) is 7.39. The van der Waals surface area contributed by atoms with E-state index >= 15 is 0 Å². The molecule has 1 aliphatic carbocycles. The number of aromatic nitrogens is 3. The van der Waals surface area contributed by atoms with Gasteiger partial charge in [0.15, 0.2) is 5.65 Å². The molecule has 2 aromatic heterocycles. The molecule has 1 atom stereocenters. The largest absolute Gasteiger partial charge is 0.353 e. The summed E-state index contributed by atoms with van der Waals surface area (Å²) in [6.45, 7) is 4.13. The second-order valence-electron chi connectivity index (χ2n) is 7.39. The van der Waals surface area contributed by atoms with Gasteiger partial charge in [-0.15, -0.1) is 0 Å². The van der Waals surface area contributed by atoms with Gasteiger partial charge >= 0.3 is 0 Å². The number of hydrogen-bond donors (Lipinski definition) is 1. The Kier molecular flexibility index (Phi) is 4.70. The fourth-order valence-corrected chi connectivity index (χ4v) is 4.27. The zero-order valence-electron chi connectivity index (χ0n) is 14.9. The van der Waals surface area contributed by atoms with E-state index in [1.165, 1.54) is 45.1 Å². The van der Waals surface area contributed by atoms with Crippen molar-refractivity contribution in [2.75, 3.05) is 13.1 Å². The lowest BCUT2D eigenvalue weighted by atomic mass is 9.89. The molecule has 25 heavy (non-hydrogen) atoms. The van der Waals surface area contributed by atoms with Crippen molar-refractivity contribution < 1.29 is 4.79 Å². The number of nitrogens with zero attached hydrogens (tertiary/aromatic N) is 4. The number of nitrogens with one attached hydrogen (secondary N) is 1. The van der Waals surface area contributed by atoms with E-state index in [9.17, 15) is 4.79 Å². The van der Waals surface area contributed by atoms with Gasteiger partial charge in [-0.3, -0.25) is 9.69 Å². The van der Waals surface area contributed by atoms with E-state index in [1.807, 2.05) is 19.1 Å². The lowest BCUT2D eigenvalue weighted by Gasteiger charge is -2.47. The maximum atomic E-state index is 12.4. The van der Waals surface area contributed by atoms with Gasteiger partial charge in [0.2, 0.25) is 5.91 Å². The Labute approximate surface area is 148 Å². The van der Waals surface area contributed by atoms with Crippen molar-refractivity contribution >= 4 is 16.9 Å². The Balaban J connectivity index is 1.32. The van der Waals surface area contributed by atoms with Crippen LogP contribution < -0.4 is 5.32 Å². The summed E-state index contributed by atoms with van der Waals surface area (Å²) in [5, 5.41) is 8.58. The van der Waals surface area contributed by atoms with Crippen molar-refractivity contribution in [3.63, 3.8) is 0 Å². The zero-order chi connectivity index (χ0) is 17.2. The minimum absolute atomic E-state index is 0.0190. The van der Waals surface area contributed by atoms with Crippen LogP contribution in [0.25, 0.3) is 11.0 Å². The van der Waals surface area contributed by atoms with Crippen molar-refractivity contribution in [2.24, 2.45) is 0 Å². The average molecular weight is 341 g/mol. The Morgan fingerprint density at radius 3 is 2.88 bits per heavy atom. The van der Waals surface area contributed by atoms with Gasteiger partial charge < -0.3 is 5.32 Å². The normalized spacial score (nSPS) is 22.0. The minimum Gasteiger partial charge on any atom is -0.353 e. The smallest absolute Gasteiger partial charge is 0.241 e. The third-order valence-corrected chi connectivity index (χ3v) is 5.75. The number of carbonyl (C=O) groups excluding carboxylic acids is 1. The highest BCUT2D eigenvalue weighted by Crippen LogP contribution is 2.29. The molecule has 6 nitrogen and oxygen atoms in total. The summed E-state index contributed by atoms with van der Waals surface area (Å²) < 4.78 is 1.71. The van der Waals surface area contributed by atoms with E-state index in [0.717, 1.165) is 29.3 Å². The molecule has 3 heterocycles. The maximum Gasteiger partial charge on any atom is 0.241 e. The Bertz CT molecular complexity index is 749. The molecule has 0 spiro atoms. The van der Waals surface area contributed by atoms with Gasteiger partial charge in [-0.2, -0.15) is 5.10 Å². The van der Waals surface area contributed by atoms with Crippen LogP contribution in [0.1, 0.15) is 44.2 Å². The number of aryl methyl sites for hydroxylation is 1. The molecule has 0 aromatic carbocycles. The first-order valence-corrected chi connectivity index (χ1v) is 9.53. The highest BCUT2D eigenvalue weighted by molar-refractivity contribution is 5.81.